The maximum atomic E-state index is 11.7. The van der Waals surface area contributed by atoms with Gasteiger partial charge in [-0.05, 0) is 26.2 Å². The van der Waals surface area contributed by atoms with E-state index in [0.717, 1.165) is 12.8 Å². The molecule has 2 amide bonds. The highest BCUT2D eigenvalue weighted by molar-refractivity contribution is 7.84. The molecule has 0 heterocycles. The van der Waals surface area contributed by atoms with Crippen molar-refractivity contribution in [3.05, 3.63) is 0 Å². The van der Waals surface area contributed by atoms with E-state index < -0.39 is 16.8 Å². The summed E-state index contributed by atoms with van der Waals surface area (Å²) in [6, 6.07) is -0.562. The molecule has 19 heavy (non-hydrogen) atoms. The van der Waals surface area contributed by atoms with E-state index in [-0.39, 0.29) is 24.0 Å². The van der Waals surface area contributed by atoms with Crippen LogP contribution in [0.4, 0.5) is 4.79 Å². The quantitative estimate of drug-likeness (QED) is 0.694. The van der Waals surface area contributed by atoms with E-state index in [9.17, 15) is 13.8 Å². The first-order valence-corrected chi connectivity index (χ1v) is 8.21. The van der Waals surface area contributed by atoms with Crippen LogP contribution in [0.5, 0.6) is 0 Å². The second kappa shape index (κ2) is 7.47. The van der Waals surface area contributed by atoms with Gasteiger partial charge in [-0.3, -0.25) is 9.00 Å². The van der Waals surface area contributed by atoms with E-state index in [1.807, 2.05) is 0 Å². The number of rotatable bonds is 5. The van der Waals surface area contributed by atoms with Crippen LogP contribution in [-0.2, 0) is 15.6 Å². The summed E-state index contributed by atoms with van der Waals surface area (Å²) in [6.45, 7) is 1.79. The fraction of sp³-hybridized carbons (Fsp3) is 0.833. The van der Waals surface area contributed by atoms with E-state index in [2.05, 4.69) is 10.6 Å². The van der Waals surface area contributed by atoms with Crippen molar-refractivity contribution in [2.45, 2.75) is 44.7 Å². The van der Waals surface area contributed by atoms with Crippen LogP contribution in [0, 0.1) is 5.92 Å². The van der Waals surface area contributed by atoms with Crippen LogP contribution in [0.2, 0.25) is 0 Å². The molecule has 6 nitrogen and oxygen atoms in total. The molecule has 0 aromatic rings. The molecule has 1 saturated carbocycles. The number of carboxylic acids is 1. The zero-order valence-electron chi connectivity index (χ0n) is 11.3. The van der Waals surface area contributed by atoms with Crippen molar-refractivity contribution in [3.63, 3.8) is 0 Å². The number of hydrogen-bond acceptors (Lipinski definition) is 3. The Morgan fingerprint density at radius 2 is 2.11 bits per heavy atom. The zero-order valence-corrected chi connectivity index (χ0v) is 12.2. The van der Waals surface area contributed by atoms with Crippen molar-refractivity contribution in [2.24, 2.45) is 5.92 Å². The fourth-order valence-corrected chi connectivity index (χ4v) is 3.18. The topological polar surface area (TPSA) is 95.5 Å². The zero-order chi connectivity index (χ0) is 14.4. The van der Waals surface area contributed by atoms with Crippen molar-refractivity contribution in [1.29, 1.82) is 0 Å². The van der Waals surface area contributed by atoms with Gasteiger partial charge in [-0.25, -0.2) is 4.79 Å². The van der Waals surface area contributed by atoms with Gasteiger partial charge in [0.25, 0.3) is 0 Å². The summed E-state index contributed by atoms with van der Waals surface area (Å²) in [5.41, 5.74) is 0. The molecule has 0 aromatic heterocycles. The predicted molar refractivity (Wildman–Crippen MR) is 73.4 cm³/mol. The Kier molecular flexibility index (Phi) is 6.27. The summed E-state index contributed by atoms with van der Waals surface area (Å²) >= 11 is 0. The summed E-state index contributed by atoms with van der Waals surface area (Å²) in [5, 5.41) is 14.5. The maximum absolute atomic E-state index is 11.7. The average Bonchev–Trinajstić information content (AvgIpc) is 2.27. The van der Waals surface area contributed by atoms with Crippen molar-refractivity contribution >= 4 is 22.8 Å². The third kappa shape index (κ3) is 6.04. The largest absolute Gasteiger partial charge is 0.481 e. The first-order valence-electron chi connectivity index (χ1n) is 6.48. The molecule has 0 aromatic carbocycles. The lowest BCUT2D eigenvalue weighted by atomic mass is 9.86. The fourth-order valence-electron chi connectivity index (χ4n) is 2.39. The van der Waals surface area contributed by atoms with Crippen molar-refractivity contribution < 1.29 is 18.9 Å². The Hall–Kier alpha value is -1.11. The van der Waals surface area contributed by atoms with Gasteiger partial charge in [-0.1, -0.05) is 6.42 Å². The molecule has 110 valence electrons. The van der Waals surface area contributed by atoms with Crippen molar-refractivity contribution in [3.8, 4) is 0 Å². The van der Waals surface area contributed by atoms with Crippen molar-refractivity contribution in [1.82, 2.24) is 10.6 Å². The van der Waals surface area contributed by atoms with Gasteiger partial charge in [0.2, 0.25) is 0 Å². The molecule has 0 spiro atoms. The van der Waals surface area contributed by atoms with E-state index >= 15 is 0 Å². The predicted octanol–water partition coefficient (Wildman–Crippen LogP) is 0.696. The number of amides is 2. The summed E-state index contributed by atoms with van der Waals surface area (Å²) < 4.78 is 11.0. The minimum absolute atomic E-state index is 0.0887. The molecule has 1 rings (SSSR count). The Labute approximate surface area is 115 Å². The molecule has 1 aliphatic carbocycles. The molecule has 4 atom stereocenters. The molecular formula is C12H22N2O4S. The molecule has 1 fully saturated rings. The van der Waals surface area contributed by atoms with E-state index in [1.54, 1.807) is 13.2 Å². The van der Waals surface area contributed by atoms with E-state index in [1.165, 1.54) is 0 Å². The third-order valence-electron chi connectivity index (χ3n) is 3.22. The monoisotopic (exact) mass is 290 g/mol. The van der Waals surface area contributed by atoms with Gasteiger partial charge in [0.05, 0.1) is 5.92 Å². The Balaban J connectivity index is 2.35. The highest BCUT2D eigenvalue weighted by Crippen LogP contribution is 2.24. The molecule has 4 unspecified atom stereocenters. The minimum Gasteiger partial charge on any atom is -0.481 e. The highest BCUT2D eigenvalue weighted by Gasteiger charge is 2.27. The number of nitrogens with one attached hydrogen (secondary N) is 2. The second-order valence-corrected chi connectivity index (χ2v) is 6.64. The average molecular weight is 290 g/mol. The number of carboxylic acid groups (broad SMARTS) is 1. The van der Waals surface area contributed by atoms with E-state index in [4.69, 9.17) is 5.11 Å². The standard InChI is InChI=1S/C12H22N2O4S/c1-8(7-19(2)18)13-12(17)14-10-5-3-4-9(6-10)11(15)16/h8-10H,3-7H2,1-2H3,(H,15,16)(H2,13,14,17). The summed E-state index contributed by atoms with van der Waals surface area (Å²) in [7, 11) is -0.951. The third-order valence-corrected chi connectivity index (χ3v) is 4.19. The summed E-state index contributed by atoms with van der Waals surface area (Å²) in [5.74, 6) is -0.739. The smallest absolute Gasteiger partial charge is 0.315 e. The van der Waals surface area contributed by atoms with E-state index in [0.29, 0.717) is 18.6 Å². The SMILES string of the molecule is CC(CS(C)=O)NC(=O)NC1CCCC(C(=O)O)C1. The Morgan fingerprint density at radius 3 is 2.68 bits per heavy atom. The molecule has 3 N–H and O–H groups in total. The second-order valence-electron chi connectivity index (χ2n) is 5.16. The normalized spacial score (nSPS) is 26.2. The summed E-state index contributed by atoms with van der Waals surface area (Å²) in [6.07, 6.45) is 4.38. The molecule has 0 aliphatic heterocycles. The number of carbonyl (C=O) groups excluding carboxylic acids is 1. The first-order chi connectivity index (χ1) is 8.88. The lowest BCUT2D eigenvalue weighted by Crippen LogP contribution is -2.48. The maximum Gasteiger partial charge on any atom is 0.315 e. The number of aliphatic carboxylic acids is 1. The van der Waals surface area contributed by atoms with Crippen LogP contribution < -0.4 is 10.6 Å². The van der Waals surface area contributed by atoms with Crippen LogP contribution in [0.25, 0.3) is 0 Å². The van der Waals surface area contributed by atoms with Crippen LogP contribution in [0.1, 0.15) is 32.6 Å². The molecule has 0 bridgehead atoms. The van der Waals surface area contributed by atoms with Crippen LogP contribution in [0.15, 0.2) is 0 Å². The van der Waals surface area contributed by atoms with Gasteiger partial charge < -0.3 is 15.7 Å². The Morgan fingerprint density at radius 1 is 1.42 bits per heavy atom. The number of urea groups is 1. The van der Waals surface area contributed by atoms with Gasteiger partial charge >= 0.3 is 12.0 Å². The molecular weight excluding hydrogens is 268 g/mol. The van der Waals surface area contributed by atoms with Gasteiger partial charge in [0.15, 0.2) is 0 Å². The van der Waals surface area contributed by atoms with Gasteiger partial charge in [-0.2, -0.15) is 0 Å². The van der Waals surface area contributed by atoms with Gasteiger partial charge in [-0.15, -0.1) is 0 Å². The Bertz CT molecular complexity index is 362. The first kappa shape index (κ1) is 15.9. The van der Waals surface area contributed by atoms with Crippen LogP contribution in [0.3, 0.4) is 0 Å². The molecule has 0 radical (unpaired) electrons. The number of hydrogen-bond donors (Lipinski definition) is 3. The lowest BCUT2D eigenvalue weighted by molar-refractivity contribution is -0.143. The van der Waals surface area contributed by atoms with Gasteiger partial charge in [0.1, 0.15) is 0 Å². The van der Waals surface area contributed by atoms with Crippen molar-refractivity contribution in [2.75, 3.05) is 12.0 Å². The number of carbonyl (C=O) groups is 2. The van der Waals surface area contributed by atoms with Crippen LogP contribution in [-0.4, -0.2) is 45.4 Å². The summed E-state index contributed by atoms with van der Waals surface area (Å²) in [4.78, 5) is 22.6. The minimum atomic E-state index is -0.951. The molecule has 7 heteroatoms. The molecule has 1 aliphatic rings. The van der Waals surface area contributed by atoms with Gasteiger partial charge in [0, 0.05) is 34.9 Å². The van der Waals surface area contributed by atoms with Crippen LogP contribution >= 0.6 is 0 Å². The highest BCUT2D eigenvalue weighted by atomic mass is 32.2. The molecule has 0 saturated heterocycles. The lowest BCUT2D eigenvalue weighted by Gasteiger charge is -2.27.